The Hall–Kier alpha value is -2.57. The monoisotopic (exact) mass is 353 g/mol. The minimum Gasteiger partial charge on any atom is -0.371 e. The quantitative estimate of drug-likeness (QED) is 0.709. The van der Waals surface area contributed by atoms with E-state index in [9.17, 15) is 4.39 Å². The highest BCUT2D eigenvalue weighted by Gasteiger charge is 2.29. The van der Waals surface area contributed by atoms with Crippen LogP contribution in [0.3, 0.4) is 0 Å². The van der Waals surface area contributed by atoms with Crippen molar-refractivity contribution in [2.45, 2.75) is 19.1 Å². The molecule has 2 aromatic carbocycles. The molecule has 6 heteroatoms. The summed E-state index contributed by atoms with van der Waals surface area (Å²) in [6.07, 6.45) is -0.0942. The van der Waals surface area contributed by atoms with Gasteiger partial charge in [-0.1, -0.05) is 47.6 Å². The first-order valence-electron chi connectivity index (χ1n) is 8.71. The van der Waals surface area contributed by atoms with Gasteiger partial charge >= 0.3 is 0 Å². The van der Waals surface area contributed by atoms with Crippen LogP contribution in [0, 0.1) is 5.82 Å². The summed E-state index contributed by atoms with van der Waals surface area (Å²) in [5.41, 5.74) is 1.90. The Kier molecular flexibility index (Phi) is 4.77. The number of aromatic nitrogens is 2. The molecular formula is C20H20FN3O2. The highest BCUT2D eigenvalue weighted by molar-refractivity contribution is 5.53. The van der Waals surface area contributed by atoms with Gasteiger partial charge in [-0.15, -0.1) is 0 Å². The maximum atomic E-state index is 13.1. The van der Waals surface area contributed by atoms with Crippen molar-refractivity contribution in [2.75, 3.05) is 19.7 Å². The molecule has 1 aliphatic heterocycles. The fraction of sp³-hybridized carbons (Fsp3) is 0.300. The van der Waals surface area contributed by atoms with E-state index in [4.69, 9.17) is 9.26 Å². The van der Waals surface area contributed by atoms with Crippen LogP contribution in [0.2, 0.25) is 0 Å². The first-order chi connectivity index (χ1) is 12.7. The predicted molar refractivity (Wildman–Crippen MR) is 94.8 cm³/mol. The average Bonchev–Trinajstić information content (AvgIpc) is 3.19. The summed E-state index contributed by atoms with van der Waals surface area (Å²) in [5, 5.41) is 4.10. The minimum atomic E-state index is -0.242. The topological polar surface area (TPSA) is 51.4 Å². The Balaban J connectivity index is 1.48. The number of nitrogens with zero attached hydrogens (tertiary/aromatic N) is 3. The Morgan fingerprint density at radius 3 is 2.65 bits per heavy atom. The van der Waals surface area contributed by atoms with Crippen molar-refractivity contribution in [3.63, 3.8) is 0 Å². The number of rotatable bonds is 4. The van der Waals surface area contributed by atoms with Crippen LogP contribution in [0.15, 0.2) is 59.1 Å². The molecule has 4 rings (SSSR count). The van der Waals surface area contributed by atoms with E-state index < -0.39 is 0 Å². The van der Waals surface area contributed by atoms with Crippen LogP contribution in [0.4, 0.5) is 4.39 Å². The van der Waals surface area contributed by atoms with Gasteiger partial charge in [-0.2, -0.15) is 4.98 Å². The van der Waals surface area contributed by atoms with Gasteiger partial charge in [-0.05, 0) is 24.6 Å². The second-order valence-corrected chi connectivity index (χ2v) is 6.40. The van der Waals surface area contributed by atoms with E-state index >= 15 is 0 Å². The molecule has 0 aliphatic carbocycles. The fourth-order valence-corrected chi connectivity index (χ4v) is 3.17. The van der Waals surface area contributed by atoms with E-state index in [0.29, 0.717) is 24.9 Å². The molecule has 3 aromatic rings. The molecule has 1 aliphatic rings. The third-order valence-corrected chi connectivity index (χ3v) is 4.72. The Morgan fingerprint density at radius 2 is 1.88 bits per heavy atom. The molecule has 26 heavy (non-hydrogen) atoms. The Labute approximate surface area is 151 Å². The molecule has 0 radical (unpaired) electrons. The zero-order chi connectivity index (χ0) is 17.9. The summed E-state index contributed by atoms with van der Waals surface area (Å²) in [6, 6.07) is 16.2. The van der Waals surface area contributed by atoms with Crippen molar-refractivity contribution in [1.82, 2.24) is 15.0 Å². The van der Waals surface area contributed by atoms with Crippen molar-refractivity contribution >= 4 is 0 Å². The second kappa shape index (κ2) is 7.35. The second-order valence-electron chi connectivity index (χ2n) is 6.40. The van der Waals surface area contributed by atoms with E-state index in [-0.39, 0.29) is 18.0 Å². The number of hydrogen-bond acceptors (Lipinski definition) is 5. The summed E-state index contributed by atoms with van der Waals surface area (Å²) in [6.45, 7) is 4.12. The molecule has 0 amide bonds. The minimum absolute atomic E-state index is 0.0215. The predicted octanol–water partition coefficient (Wildman–Crippen LogP) is 4.01. The first kappa shape index (κ1) is 16.9. The summed E-state index contributed by atoms with van der Waals surface area (Å²) in [5.74, 6) is 0.938. The largest absolute Gasteiger partial charge is 0.371 e. The summed E-state index contributed by atoms with van der Waals surface area (Å²) >= 11 is 0. The number of ether oxygens (including phenoxy) is 1. The molecule has 0 unspecified atom stereocenters. The lowest BCUT2D eigenvalue weighted by Crippen LogP contribution is -2.40. The van der Waals surface area contributed by atoms with Gasteiger partial charge in [-0.3, -0.25) is 4.90 Å². The molecule has 0 bridgehead atoms. The molecule has 0 N–H and O–H groups in total. The maximum Gasteiger partial charge on any atom is 0.244 e. The van der Waals surface area contributed by atoms with Crippen molar-refractivity contribution < 1.29 is 13.7 Å². The molecular weight excluding hydrogens is 333 g/mol. The number of morpholine rings is 1. The first-order valence-corrected chi connectivity index (χ1v) is 8.71. The summed E-state index contributed by atoms with van der Waals surface area (Å²) < 4.78 is 24.5. The molecule has 1 fully saturated rings. The lowest BCUT2D eigenvalue weighted by molar-refractivity contribution is -0.0469. The molecule has 2 heterocycles. The van der Waals surface area contributed by atoms with Gasteiger partial charge in [0.1, 0.15) is 5.82 Å². The van der Waals surface area contributed by atoms with E-state index in [1.54, 1.807) is 12.1 Å². The number of benzene rings is 2. The standard InChI is InChI=1S/C20H20FN3O2/c1-14(20-22-19(23-26-20)16-5-3-2-4-6-16)24-11-12-25-18(13-24)15-7-9-17(21)10-8-15/h2-10,14,18H,11-13H2,1H3/t14-,18+/m1/s1. The van der Waals surface area contributed by atoms with Crippen LogP contribution in [0.25, 0.3) is 11.4 Å². The lowest BCUT2D eigenvalue weighted by Gasteiger charge is -2.35. The summed E-state index contributed by atoms with van der Waals surface area (Å²) in [4.78, 5) is 6.80. The smallest absolute Gasteiger partial charge is 0.244 e. The van der Waals surface area contributed by atoms with Gasteiger partial charge < -0.3 is 9.26 Å². The zero-order valence-corrected chi connectivity index (χ0v) is 14.5. The molecule has 0 saturated carbocycles. The van der Waals surface area contributed by atoms with Crippen LogP contribution in [-0.4, -0.2) is 34.7 Å². The third kappa shape index (κ3) is 3.52. The van der Waals surface area contributed by atoms with Gasteiger partial charge in [0, 0.05) is 18.7 Å². The molecule has 2 atom stereocenters. The SMILES string of the molecule is C[C@H](c1nc(-c2ccccc2)no1)N1CCO[C@H](c2ccc(F)cc2)C1. The summed E-state index contributed by atoms with van der Waals surface area (Å²) in [7, 11) is 0. The maximum absolute atomic E-state index is 13.1. The fourth-order valence-electron chi connectivity index (χ4n) is 3.17. The van der Waals surface area contributed by atoms with Gasteiger partial charge in [0.25, 0.3) is 0 Å². The van der Waals surface area contributed by atoms with Crippen molar-refractivity contribution in [3.05, 3.63) is 71.9 Å². The van der Waals surface area contributed by atoms with Gasteiger partial charge in [0.15, 0.2) is 0 Å². The third-order valence-electron chi connectivity index (χ3n) is 4.72. The number of halogens is 1. The highest BCUT2D eigenvalue weighted by atomic mass is 19.1. The van der Waals surface area contributed by atoms with Crippen molar-refractivity contribution in [1.29, 1.82) is 0 Å². The van der Waals surface area contributed by atoms with Crippen LogP contribution in [0.1, 0.15) is 30.5 Å². The van der Waals surface area contributed by atoms with Crippen LogP contribution in [0.5, 0.6) is 0 Å². The van der Waals surface area contributed by atoms with Gasteiger partial charge in [-0.25, -0.2) is 4.39 Å². The van der Waals surface area contributed by atoms with Crippen LogP contribution < -0.4 is 0 Å². The molecule has 1 aromatic heterocycles. The molecule has 134 valence electrons. The van der Waals surface area contributed by atoms with E-state index in [2.05, 4.69) is 22.0 Å². The molecule has 1 saturated heterocycles. The van der Waals surface area contributed by atoms with E-state index in [0.717, 1.165) is 17.7 Å². The van der Waals surface area contributed by atoms with Gasteiger partial charge in [0.2, 0.25) is 11.7 Å². The van der Waals surface area contributed by atoms with Crippen LogP contribution >= 0.6 is 0 Å². The van der Waals surface area contributed by atoms with E-state index in [1.807, 2.05) is 30.3 Å². The highest BCUT2D eigenvalue weighted by Crippen LogP contribution is 2.29. The van der Waals surface area contributed by atoms with Crippen molar-refractivity contribution in [2.24, 2.45) is 0 Å². The van der Waals surface area contributed by atoms with E-state index in [1.165, 1.54) is 12.1 Å². The van der Waals surface area contributed by atoms with Crippen LogP contribution in [-0.2, 0) is 4.74 Å². The Morgan fingerprint density at radius 1 is 1.12 bits per heavy atom. The lowest BCUT2D eigenvalue weighted by atomic mass is 10.1. The Bertz CT molecular complexity index is 851. The van der Waals surface area contributed by atoms with Crippen molar-refractivity contribution in [3.8, 4) is 11.4 Å². The number of hydrogen-bond donors (Lipinski definition) is 0. The normalized spacial score (nSPS) is 19.4. The average molecular weight is 353 g/mol. The zero-order valence-electron chi connectivity index (χ0n) is 14.5. The molecule has 5 nitrogen and oxygen atoms in total. The molecule has 0 spiro atoms. The van der Waals surface area contributed by atoms with Gasteiger partial charge in [0.05, 0.1) is 18.8 Å².